The standard InChI is InChI=1S/C13H11FN2O3S/c14-11-3-5-13(6-4-11)20(17,18)16(8-7-15)10-12-2-1-9-19-12/h1-6,9H,8,10H2. The number of nitrogens with zero attached hydrogens (tertiary/aromatic N) is 2. The second-order valence-corrected chi connectivity index (χ2v) is 5.90. The predicted octanol–water partition coefficient (Wildman–Crippen LogP) is 2.13. The number of halogens is 1. The molecule has 0 amide bonds. The second kappa shape index (κ2) is 5.86. The van der Waals surface area contributed by atoms with Crippen LogP contribution >= 0.6 is 0 Å². The van der Waals surface area contributed by atoms with Gasteiger partial charge in [-0.1, -0.05) is 0 Å². The Labute approximate surface area is 115 Å². The zero-order valence-corrected chi connectivity index (χ0v) is 11.2. The van der Waals surface area contributed by atoms with Crippen LogP contribution in [0.2, 0.25) is 0 Å². The molecule has 0 saturated heterocycles. The first-order valence-corrected chi connectivity index (χ1v) is 7.13. The average Bonchev–Trinajstić information content (AvgIpc) is 2.92. The van der Waals surface area contributed by atoms with Crippen molar-refractivity contribution in [3.63, 3.8) is 0 Å². The van der Waals surface area contributed by atoms with Gasteiger partial charge in [0.25, 0.3) is 0 Å². The highest BCUT2D eigenvalue weighted by Crippen LogP contribution is 2.18. The molecule has 0 aliphatic heterocycles. The molecule has 1 aromatic heterocycles. The lowest BCUT2D eigenvalue weighted by Gasteiger charge is -2.18. The van der Waals surface area contributed by atoms with E-state index in [0.717, 1.165) is 28.6 Å². The Morgan fingerprint density at radius 1 is 1.25 bits per heavy atom. The van der Waals surface area contributed by atoms with Crippen LogP contribution in [0.25, 0.3) is 0 Å². The molecule has 0 spiro atoms. The van der Waals surface area contributed by atoms with Crippen molar-refractivity contribution in [1.29, 1.82) is 5.26 Å². The van der Waals surface area contributed by atoms with Crippen molar-refractivity contribution in [3.8, 4) is 6.07 Å². The molecule has 20 heavy (non-hydrogen) atoms. The van der Waals surface area contributed by atoms with Crippen molar-refractivity contribution in [3.05, 3.63) is 54.2 Å². The van der Waals surface area contributed by atoms with Crippen LogP contribution in [0.15, 0.2) is 52.0 Å². The molecule has 7 heteroatoms. The van der Waals surface area contributed by atoms with E-state index in [1.54, 1.807) is 18.2 Å². The lowest BCUT2D eigenvalue weighted by atomic mass is 10.4. The number of sulfonamides is 1. The van der Waals surface area contributed by atoms with Gasteiger partial charge >= 0.3 is 0 Å². The molecule has 0 atom stereocenters. The molecular formula is C13H11FN2O3S. The van der Waals surface area contributed by atoms with E-state index in [0.29, 0.717) is 5.76 Å². The molecule has 0 aliphatic carbocycles. The highest BCUT2D eigenvalue weighted by molar-refractivity contribution is 7.89. The first-order chi connectivity index (χ1) is 9.54. The minimum Gasteiger partial charge on any atom is -0.468 e. The molecule has 0 aliphatic rings. The third kappa shape index (κ3) is 3.04. The van der Waals surface area contributed by atoms with Crippen LogP contribution in [-0.2, 0) is 16.6 Å². The minimum atomic E-state index is -3.87. The maximum atomic E-state index is 12.9. The summed E-state index contributed by atoms with van der Waals surface area (Å²) >= 11 is 0. The van der Waals surface area contributed by atoms with E-state index in [1.807, 2.05) is 0 Å². The third-order valence-corrected chi connectivity index (χ3v) is 4.42. The van der Waals surface area contributed by atoms with E-state index in [-0.39, 0.29) is 18.0 Å². The van der Waals surface area contributed by atoms with Gasteiger partial charge in [0.2, 0.25) is 10.0 Å². The minimum absolute atomic E-state index is 0.0553. The molecule has 1 heterocycles. The van der Waals surface area contributed by atoms with E-state index in [4.69, 9.17) is 9.68 Å². The zero-order valence-electron chi connectivity index (χ0n) is 10.4. The number of furan rings is 1. The van der Waals surface area contributed by atoms with E-state index < -0.39 is 15.8 Å². The smallest absolute Gasteiger partial charge is 0.244 e. The van der Waals surface area contributed by atoms with Crippen LogP contribution in [0, 0.1) is 17.1 Å². The largest absolute Gasteiger partial charge is 0.468 e. The van der Waals surface area contributed by atoms with E-state index >= 15 is 0 Å². The van der Waals surface area contributed by atoms with E-state index in [2.05, 4.69) is 0 Å². The van der Waals surface area contributed by atoms with Crippen LogP contribution in [0.3, 0.4) is 0 Å². The van der Waals surface area contributed by atoms with Crippen molar-refractivity contribution in [2.45, 2.75) is 11.4 Å². The van der Waals surface area contributed by atoms with Gasteiger partial charge in [0.15, 0.2) is 0 Å². The summed E-state index contributed by atoms with van der Waals surface area (Å²) in [7, 11) is -3.87. The third-order valence-electron chi connectivity index (χ3n) is 2.61. The Bertz CT molecular complexity index is 703. The van der Waals surface area contributed by atoms with Gasteiger partial charge in [0.1, 0.15) is 18.1 Å². The molecule has 0 saturated carbocycles. The van der Waals surface area contributed by atoms with E-state index in [1.165, 1.54) is 6.26 Å². The summed E-state index contributed by atoms with van der Waals surface area (Å²) in [6.45, 7) is -0.374. The topological polar surface area (TPSA) is 74.3 Å². The monoisotopic (exact) mass is 294 g/mol. The van der Waals surface area contributed by atoms with Gasteiger partial charge in [-0.3, -0.25) is 0 Å². The van der Waals surface area contributed by atoms with Crippen molar-refractivity contribution in [2.75, 3.05) is 6.54 Å². The Morgan fingerprint density at radius 2 is 1.95 bits per heavy atom. The molecule has 0 fully saturated rings. The van der Waals surface area contributed by atoms with Crippen LogP contribution in [0.5, 0.6) is 0 Å². The van der Waals surface area contributed by atoms with Gasteiger partial charge in [-0.15, -0.1) is 0 Å². The van der Waals surface area contributed by atoms with Gasteiger partial charge in [0, 0.05) is 0 Å². The maximum Gasteiger partial charge on any atom is 0.244 e. The van der Waals surface area contributed by atoms with Gasteiger partial charge in [0.05, 0.1) is 23.8 Å². The number of benzene rings is 1. The molecule has 2 aromatic rings. The fourth-order valence-corrected chi connectivity index (χ4v) is 2.94. The summed E-state index contributed by atoms with van der Waals surface area (Å²) in [5.74, 6) is -0.104. The summed E-state index contributed by atoms with van der Waals surface area (Å²) < 4.78 is 43.7. The maximum absolute atomic E-state index is 12.9. The number of hydrogen-bond acceptors (Lipinski definition) is 4. The summed E-state index contributed by atoms with van der Waals surface area (Å²) in [6, 6.07) is 9.49. The van der Waals surface area contributed by atoms with Crippen LogP contribution in [0.1, 0.15) is 5.76 Å². The second-order valence-electron chi connectivity index (χ2n) is 3.96. The molecule has 0 unspecified atom stereocenters. The summed E-state index contributed by atoms with van der Waals surface area (Å²) in [4.78, 5) is -0.0688. The molecule has 2 rings (SSSR count). The van der Waals surface area contributed by atoms with Gasteiger partial charge in [-0.05, 0) is 36.4 Å². The van der Waals surface area contributed by atoms with Crippen molar-refractivity contribution in [1.82, 2.24) is 4.31 Å². The van der Waals surface area contributed by atoms with Crippen LogP contribution in [-0.4, -0.2) is 19.3 Å². The fourth-order valence-electron chi connectivity index (χ4n) is 1.64. The number of rotatable bonds is 5. The highest BCUT2D eigenvalue weighted by Gasteiger charge is 2.25. The van der Waals surface area contributed by atoms with Crippen LogP contribution < -0.4 is 0 Å². The zero-order chi connectivity index (χ0) is 14.6. The molecule has 0 radical (unpaired) electrons. The van der Waals surface area contributed by atoms with Crippen molar-refractivity contribution >= 4 is 10.0 Å². The van der Waals surface area contributed by atoms with Crippen LogP contribution in [0.4, 0.5) is 4.39 Å². The normalized spacial score (nSPS) is 11.4. The fraction of sp³-hybridized carbons (Fsp3) is 0.154. The van der Waals surface area contributed by atoms with Gasteiger partial charge < -0.3 is 4.42 Å². The Hall–Kier alpha value is -2.17. The van der Waals surface area contributed by atoms with Crippen molar-refractivity contribution in [2.24, 2.45) is 0 Å². The molecule has 104 valence electrons. The molecule has 0 N–H and O–H groups in total. The lowest BCUT2D eigenvalue weighted by Crippen LogP contribution is -2.30. The first kappa shape index (κ1) is 14.2. The SMILES string of the molecule is N#CCN(Cc1ccco1)S(=O)(=O)c1ccc(F)cc1. The highest BCUT2D eigenvalue weighted by atomic mass is 32.2. The average molecular weight is 294 g/mol. The quantitative estimate of drug-likeness (QED) is 0.792. The lowest BCUT2D eigenvalue weighted by molar-refractivity contribution is 0.388. The van der Waals surface area contributed by atoms with Gasteiger partial charge in [-0.25, -0.2) is 12.8 Å². The number of nitriles is 1. The molecule has 5 nitrogen and oxygen atoms in total. The number of hydrogen-bond donors (Lipinski definition) is 0. The molecule has 1 aromatic carbocycles. The van der Waals surface area contributed by atoms with Gasteiger partial charge in [-0.2, -0.15) is 9.57 Å². The first-order valence-electron chi connectivity index (χ1n) is 5.69. The Kier molecular flexibility index (Phi) is 4.17. The Balaban J connectivity index is 2.32. The predicted molar refractivity (Wildman–Crippen MR) is 68.3 cm³/mol. The van der Waals surface area contributed by atoms with Crippen molar-refractivity contribution < 1.29 is 17.2 Å². The summed E-state index contributed by atoms with van der Waals surface area (Å²) in [5.41, 5.74) is 0. The summed E-state index contributed by atoms with van der Waals surface area (Å²) in [6.07, 6.45) is 1.42. The van der Waals surface area contributed by atoms with E-state index in [9.17, 15) is 12.8 Å². The summed E-state index contributed by atoms with van der Waals surface area (Å²) in [5, 5.41) is 8.77. The Morgan fingerprint density at radius 3 is 2.50 bits per heavy atom. The molecular weight excluding hydrogens is 283 g/mol. The molecule has 0 bridgehead atoms.